The van der Waals surface area contributed by atoms with Gasteiger partial charge in [0.1, 0.15) is 4.70 Å². The van der Waals surface area contributed by atoms with Gasteiger partial charge in [0, 0.05) is 5.69 Å². The fourth-order valence-corrected chi connectivity index (χ4v) is 5.00. The Morgan fingerprint density at radius 1 is 1.10 bits per heavy atom. The van der Waals surface area contributed by atoms with Crippen LogP contribution in [0.3, 0.4) is 0 Å². The molecule has 2 aromatic carbocycles. The van der Waals surface area contributed by atoms with Crippen LogP contribution < -0.4 is 5.56 Å². The van der Waals surface area contributed by atoms with Gasteiger partial charge in [0.15, 0.2) is 14.8 Å². The number of para-hydroxylation sites is 1. The summed E-state index contributed by atoms with van der Waals surface area (Å²) in [5.41, 5.74) is 4.26. The van der Waals surface area contributed by atoms with Crippen molar-refractivity contribution >= 4 is 45.7 Å². The average molecular weight is 437 g/mol. The van der Waals surface area contributed by atoms with Crippen molar-refractivity contribution in [1.82, 2.24) is 14.1 Å². The lowest BCUT2D eigenvalue weighted by Gasteiger charge is -2.12. The van der Waals surface area contributed by atoms with Gasteiger partial charge in [-0.1, -0.05) is 47.4 Å². The van der Waals surface area contributed by atoms with Crippen molar-refractivity contribution in [2.24, 2.45) is 0 Å². The van der Waals surface area contributed by atoms with Gasteiger partial charge in [-0.05, 0) is 61.5 Å². The zero-order valence-electron chi connectivity index (χ0n) is 15.7. The molecular formula is C21H16N4OS3. The number of benzene rings is 2. The Kier molecular flexibility index (Phi) is 5.37. The maximum atomic E-state index is 13.4. The summed E-state index contributed by atoms with van der Waals surface area (Å²) < 4.78 is 4.46. The molecule has 8 heteroatoms. The van der Waals surface area contributed by atoms with E-state index in [9.17, 15) is 4.79 Å². The lowest BCUT2D eigenvalue weighted by molar-refractivity contribution is 0.813. The molecule has 29 heavy (non-hydrogen) atoms. The monoisotopic (exact) mass is 436 g/mol. The van der Waals surface area contributed by atoms with Gasteiger partial charge in [0.05, 0.1) is 17.5 Å². The zero-order valence-corrected chi connectivity index (χ0v) is 18.2. The third-order valence-electron chi connectivity index (χ3n) is 4.61. The van der Waals surface area contributed by atoms with Crippen molar-refractivity contribution in [2.45, 2.75) is 19.0 Å². The van der Waals surface area contributed by atoms with Crippen LogP contribution in [0.4, 0.5) is 0 Å². The van der Waals surface area contributed by atoms with E-state index in [0.717, 1.165) is 11.3 Å². The Hall–Kier alpha value is -2.73. The minimum absolute atomic E-state index is 0.180. The number of nitrogens with zero attached hydrogens (tertiary/aromatic N) is 4. The first-order chi connectivity index (χ1) is 14.0. The number of thioether (sulfide) groups is 1. The SMILES string of the molecule is Cc1ccc(-n2c(=S)sc3c(=O)n(-c4ccccc4)c(SCC#N)nc32)cc1C. The molecule has 0 radical (unpaired) electrons. The third-order valence-corrected chi connectivity index (χ3v) is 6.76. The number of thiazole rings is 1. The van der Waals surface area contributed by atoms with Crippen LogP contribution in [0.2, 0.25) is 0 Å². The summed E-state index contributed by atoms with van der Waals surface area (Å²) >= 11 is 8.09. The minimum Gasteiger partial charge on any atom is -0.275 e. The molecular weight excluding hydrogens is 420 g/mol. The fourth-order valence-electron chi connectivity index (χ4n) is 3.03. The number of nitriles is 1. The summed E-state index contributed by atoms with van der Waals surface area (Å²) in [7, 11) is 0. The summed E-state index contributed by atoms with van der Waals surface area (Å²) in [5.74, 6) is 0.194. The molecule has 2 heterocycles. The van der Waals surface area contributed by atoms with E-state index in [2.05, 4.69) is 13.0 Å². The standard InChI is InChI=1S/C21H16N4OS3/c1-13-8-9-16(12-14(13)2)24-18-17(29-21(24)27)19(26)25(15-6-4-3-5-7-15)20(23-18)28-11-10-22/h3-9,12H,11H2,1-2H3. The largest absolute Gasteiger partial charge is 0.278 e. The molecule has 144 valence electrons. The van der Waals surface area contributed by atoms with Gasteiger partial charge in [0.25, 0.3) is 5.56 Å². The van der Waals surface area contributed by atoms with E-state index in [4.69, 9.17) is 22.5 Å². The molecule has 0 N–H and O–H groups in total. The van der Waals surface area contributed by atoms with Crippen LogP contribution in [0.25, 0.3) is 21.7 Å². The summed E-state index contributed by atoms with van der Waals surface area (Å²) in [6, 6.07) is 17.5. The molecule has 5 nitrogen and oxygen atoms in total. The van der Waals surface area contributed by atoms with Crippen molar-refractivity contribution in [3.05, 3.63) is 74.0 Å². The van der Waals surface area contributed by atoms with E-state index in [-0.39, 0.29) is 11.3 Å². The predicted octanol–water partition coefficient (Wildman–Crippen LogP) is 5.20. The Bertz CT molecular complexity index is 1380. The van der Waals surface area contributed by atoms with Gasteiger partial charge in [-0.2, -0.15) is 5.26 Å². The van der Waals surface area contributed by atoms with Gasteiger partial charge in [0.2, 0.25) is 0 Å². The van der Waals surface area contributed by atoms with Crippen LogP contribution in [-0.2, 0) is 0 Å². The van der Waals surface area contributed by atoms with E-state index in [1.165, 1.54) is 28.7 Å². The molecule has 0 unspecified atom stereocenters. The van der Waals surface area contributed by atoms with Crippen LogP contribution >= 0.6 is 35.3 Å². The van der Waals surface area contributed by atoms with E-state index in [1.54, 1.807) is 4.57 Å². The molecule has 0 fully saturated rings. The molecule has 0 aliphatic heterocycles. The van der Waals surface area contributed by atoms with Crippen molar-refractivity contribution in [3.8, 4) is 17.4 Å². The lowest BCUT2D eigenvalue weighted by atomic mass is 10.1. The predicted molar refractivity (Wildman–Crippen MR) is 121 cm³/mol. The quantitative estimate of drug-likeness (QED) is 0.250. The average Bonchev–Trinajstić information content (AvgIpc) is 3.05. The number of rotatable bonds is 4. The van der Waals surface area contributed by atoms with Gasteiger partial charge in [-0.25, -0.2) is 4.98 Å². The molecule has 0 atom stereocenters. The number of hydrogen-bond acceptors (Lipinski definition) is 6. The Morgan fingerprint density at radius 2 is 1.86 bits per heavy atom. The van der Waals surface area contributed by atoms with Crippen LogP contribution in [0.1, 0.15) is 11.1 Å². The van der Waals surface area contributed by atoms with Crippen molar-refractivity contribution in [2.75, 3.05) is 5.75 Å². The van der Waals surface area contributed by atoms with Gasteiger partial charge < -0.3 is 0 Å². The highest BCUT2D eigenvalue weighted by Crippen LogP contribution is 2.28. The molecule has 0 bridgehead atoms. The molecule has 0 spiro atoms. The number of aromatic nitrogens is 3. The topological polar surface area (TPSA) is 63.6 Å². The summed E-state index contributed by atoms with van der Waals surface area (Å²) in [5, 5.41) is 9.53. The van der Waals surface area contributed by atoms with Crippen molar-refractivity contribution in [3.63, 3.8) is 0 Å². The molecule has 4 aromatic rings. The first kappa shape index (κ1) is 19.6. The van der Waals surface area contributed by atoms with Crippen molar-refractivity contribution in [1.29, 1.82) is 5.26 Å². The Labute approximate surface area is 180 Å². The van der Waals surface area contributed by atoms with Crippen LogP contribution in [0.5, 0.6) is 0 Å². The second-order valence-electron chi connectivity index (χ2n) is 6.44. The molecule has 2 aromatic heterocycles. The van der Waals surface area contributed by atoms with Gasteiger partial charge in [-0.15, -0.1) is 0 Å². The number of hydrogen-bond donors (Lipinski definition) is 0. The van der Waals surface area contributed by atoms with Crippen LogP contribution in [0, 0.1) is 29.1 Å². The second kappa shape index (κ2) is 7.95. The fraction of sp³-hybridized carbons (Fsp3) is 0.143. The minimum atomic E-state index is -0.180. The highest BCUT2D eigenvalue weighted by atomic mass is 32.2. The summed E-state index contributed by atoms with van der Waals surface area (Å²) in [6.45, 7) is 4.10. The zero-order chi connectivity index (χ0) is 20.5. The first-order valence-corrected chi connectivity index (χ1v) is 11.0. The summed E-state index contributed by atoms with van der Waals surface area (Å²) in [6.07, 6.45) is 0. The maximum absolute atomic E-state index is 13.4. The molecule has 0 saturated heterocycles. The number of aryl methyl sites for hydroxylation is 2. The highest BCUT2D eigenvalue weighted by molar-refractivity contribution is 7.99. The van der Waals surface area contributed by atoms with Crippen LogP contribution in [0.15, 0.2) is 58.5 Å². The smallest absolute Gasteiger partial charge is 0.275 e. The van der Waals surface area contributed by atoms with Gasteiger partial charge >= 0.3 is 0 Å². The molecule has 0 aliphatic rings. The highest BCUT2D eigenvalue weighted by Gasteiger charge is 2.19. The maximum Gasteiger partial charge on any atom is 0.278 e. The Balaban J connectivity index is 2.05. The number of fused-ring (bicyclic) bond motifs is 1. The molecule has 0 amide bonds. The molecule has 0 aliphatic carbocycles. The summed E-state index contributed by atoms with van der Waals surface area (Å²) in [4.78, 5) is 18.2. The molecule has 0 saturated carbocycles. The van der Waals surface area contributed by atoms with Crippen molar-refractivity contribution < 1.29 is 0 Å². The van der Waals surface area contributed by atoms with E-state index < -0.39 is 0 Å². The van der Waals surface area contributed by atoms with Gasteiger partial charge in [-0.3, -0.25) is 13.9 Å². The molecule has 4 rings (SSSR count). The van der Waals surface area contributed by atoms with E-state index >= 15 is 0 Å². The third kappa shape index (κ3) is 3.53. The Morgan fingerprint density at radius 3 is 2.55 bits per heavy atom. The first-order valence-electron chi connectivity index (χ1n) is 8.82. The van der Waals surface area contributed by atoms with E-state index in [0.29, 0.717) is 25.1 Å². The van der Waals surface area contributed by atoms with Crippen LogP contribution in [-0.4, -0.2) is 19.9 Å². The second-order valence-corrected chi connectivity index (χ2v) is 9.03. The lowest BCUT2D eigenvalue weighted by Crippen LogP contribution is -2.21. The van der Waals surface area contributed by atoms with E-state index in [1.807, 2.05) is 60.0 Å². The normalized spacial score (nSPS) is 10.9.